The first-order chi connectivity index (χ1) is 7.00. The number of nitrogens with zero attached hydrogens (tertiary/aromatic N) is 1. The molecule has 1 aromatic rings. The Balaban J connectivity index is 2.87. The maximum Gasteiger partial charge on any atom is 0.308 e. The second-order valence-electron chi connectivity index (χ2n) is 3.81. The smallest absolute Gasteiger partial charge is 0.308 e. The van der Waals surface area contributed by atoms with Gasteiger partial charge in [0.25, 0.3) is 0 Å². The van der Waals surface area contributed by atoms with Crippen molar-refractivity contribution in [1.29, 1.82) is 0 Å². The quantitative estimate of drug-likeness (QED) is 0.562. The molecule has 0 saturated heterocycles. The molecule has 0 saturated carbocycles. The van der Waals surface area contributed by atoms with Crippen LogP contribution >= 0.6 is 0 Å². The second kappa shape index (κ2) is 4.94. The molecule has 0 radical (unpaired) electrons. The highest BCUT2D eigenvalue weighted by Crippen LogP contribution is 2.21. The van der Waals surface area contributed by atoms with E-state index in [1.54, 1.807) is 6.07 Å². The summed E-state index contributed by atoms with van der Waals surface area (Å²) in [5, 5.41) is 0. The van der Waals surface area contributed by atoms with Gasteiger partial charge in [0.1, 0.15) is 5.75 Å². The Hall–Kier alpha value is -1.35. The molecule has 0 spiro atoms. The van der Waals surface area contributed by atoms with E-state index >= 15 is 0 Å². The first kappa shape index (κ1) is 11.7. The Morgan fingerprint density at radius 2 is 2.07 bits per heavy atom. The first-order valence-electron chi connectivity index (χ1n) is 4.95. The van der Waals surface area contributed by atoms with Crippen molar-refractivity contribution in [2.24, 2.45) is 0 Å². The fourth-order valence-electron chi connectivity index (χ4n) is 1.30. The van der Waals surface area contributed by atoms with Gasteiger partial charge in [0.2, 0.25) is 0 Å². The van der Waals surface area contributed by atoms with E-state index in [2.05, 4.69) is 11.8 Å². The topological polar surface area (TPSA) is 29.5 Å². The number of carbonyl (C=O) groups is 1. The molecular formula is C12H17NO2. The van der Waals surface area contributed by atoms with Crippen LogP contribution < -0.4 is 4.74 Å². The average Bonchev–Trinajstić information content (AvgIpc) is 2.16. The maximum absolute atomic E-state index is 10.8. The molecule has 15 heavy (non-hydrogen) atoms. The van der Waals surface area contributed by atoms with E-state index in [0.29, 0.717) is 11.8 Å². The summed E-state index contributed by atoms with van der Waals surface area (Å²) < 4.78 is 5.03. The van der Waals surface area contributed by atoms with Crippen LogP contribution in [0, 0.1) is 0 Å². The van der Waals surface area contributed by atoms with Gasteiger partial charge in [-0.2, -0.15) is 0 Å². The molecule has 3 nitrogen and oxygen atoms in total. The summed E-state index contributed by atoms with van der Waals surface area (Å²) in [4.78, 5) is 12.9. The Bertz CT molecular complexity index is 347. The van der Waals surface area contributed by atoms with Gasteiger partial charge in [-0.1, -0.05) is 12.1 Å². The standard InChI is InChI=1S/C12H17NO2/c1-9(13(3)4)11-6-5-7-12(8-11)15-10(2)14/h5-9H,1-4H3/t9-/m1/s1. The van der Waals surface area contributed by atoms with E-state index in [-0.39, 0.29) is 5.97 Å². The van der Waals surface area contributed by atoms with Crippen LogP contribution in [0.1, 0.15) is 25.5 Å². The summed E-state index contributed by atoms with van der Waals surface area (Å²) in [5.41, 5.74) is 1.14. The van der Waals surface area contributed by atoms with Gasteiger partial charge in [-0.15, -0.1) is 0 Å². The number of rotatable bonds is 3. The maximum atomic E-state index is 10.8. The molecule has 0 unspecified atom stereocenters. The normalized spacial score (nSPS) is 12.6. The van der Waals surface area contributed by atoms with Crippen LogP contribution in [0.25, 0.3) is 0 Å². The Kier molecular flexibility index (Phi) is 3.86. The third kappa shape index (κ3) is 3.36. The van der Waals surface area contributed by atoms with Crippen LogP contribution in [-0.4, -0.2) is 25.0 Å². The van der Waals surface area contributed by atoms with Gasteiger partial charge in [0, 0.05) is 13.0 Å². The summed E-state index contributed by atoms with van der Waals surface area (Å²) in [6, 6.07) is 7.91. The Morgan fingerprint density at radius 3 is 2.60 bits per heavy atom. The second-order valence-corrected chi connectivity index (χ2v) is 3.81. The van der Waals surface area contributed by atoms with Crippen molar-refractivity contribution in [3.05, 3.63) is 29.8 Å². The lowest BCUT2D eigenvalue weighted by atomic mass is 10.1. The zero-order valence-corrected chi connectivity index (χ0v) is 9.65. The minimum Gasteiger partial charge on any atom is -0.427 e. The van der Waals surface area contributed by atoms with Crippen LogP contribution in [0.4, 0.5) is 0 Å². The van der Waals surface area contributed by atoms with Crippen molar-refractivity contribution in [3.8, 4) is 5.75 Å². The lowest BCUT2D eigenvalue weighted by Gasteiger charge is -2.20. The highest BCUT2D eigenvalue weighted by atomic mass is 16.5. The Morgan fingerprint density at radius 1 is 1.40 bits per heavy atom. The van der Waals surface area contributed by atoms with E-state index in [1.165, 1.54) is 6.92 Å². The van der Waals surface area contributed by atoms with Gasteiger partial charge in [0.05, 0.1) is 0 Å². The molecule has 82 valence electrons. The van der Waals surface area contributed by atoms with Crippen LogP contribution in [0.15, 0.2) is 24.3 Å². The summed E-state index contributed by atoms with van der Waals surface area (Å²) in [6.07, 6.45) is 0. The predicted octanol–water partition coefficient (Wildman–Crippen LogP) is 2.23. The molecule has 0 N–H and O–H groups in total. The van der Waals surface area contributed by atoms with E-state index < -0.39 is 0 Å². The third-order valence-corrected chi connectivity index (χ3v) is 2.38. The van der Waals surface area contributed by atoms with Gasteiger partial charge in [-0.05, 0) is 38.7 Å². The monoisotopic (exact) mass is 207 g/mol. The Labute approximate surface area is 90.7 Å². The summed E-state index contributed by atoms with van der Waals surface area (Å²) in [5.74, 6) is 0.318. The summed E-state index contributed by atoms with van der Waals surface area (Å²) >= 11 is 0. The van der Waals surface area contributed by atoms with Crippen LogP contribution in [0.5, 0.6) is 5.75 Å². The van der Waals surface area contributed by atoms with Gasteiger partial charge in [-0.3, -0.25) is 4.79 Å². The van der Waals surface area contributed by atoms with Crippen molar-refractivity contribution in [2.45, 2.75) is 19.9 Å². The molecule has 0 bridgehead atoms. The molecule has 1 rings (SSSR count). The third-order valence-electron chi connectivity index (χ3n) is 2.38. The van der Waals surface area contributed by atoms with E-state index in [4.69, 9.17) is 4.74 Å². The number of carbonyl (C=O) groups excluding carboxylic acids is 1. The minimum absolute atomic E-state index is 0.287. The molecule has 0 fully saturated rings. The number of ether oxygens (including phenoxy) is 1. The molecule has 0 aliphatic heterocycles. The van der Waals surface area contributed by atoms with E-state index in [0.717, 1.165) is 5.56 Å². The summed E-state index contributed by atoms with van der Waals surface area (Å²) in [7, 11) is 4.03. The van der Waals surface area contributed by atoms with E-state index in [9.17, 15) is 4.79 Å². The van der Waals surface area contributed by atoms with Crippen molar-refractivity contribution in [2.75, 3.05) is 14.1 Å². The lowest BCUT2D eigenvalue weighted by molar-refractivity contribution is -0.131. The minimum atomic E-state index is -0.287. The summed E-state index contributed by atoms with van der Waals surface area (Å²) in [6.45, 7) is 3.51. The van der Waals surface area contributed by atoms with E-state index in [1.807, 2.05) is 32.3 Å². The molecule has 0 aliphatic rings. The van der Waals surface area contributed by atoms with Crippen LogP contribution in [-0.2, 0) is 4.79 Å². The van der Waals surface area contributed by atoms with Crippen LogP contribution in [0.3, 0.4) is 0 Å². The van der Waals surface area contributed by atoms with Gasteiger partial charge < -0.3 is 9.64 Å². The van der Waals surface area contributed by atoms with Gasteiger partial charge in [0.15, 0.2) is 0 Å². The van der Waals surface area contributed by atoms with Crippen molar-refractivity contribution < 1.29 is 9.53 Å². The molecule has 3 heteroatoms. The number of benzene rings is 1. The molecular weight excluding hydrogens is 190 g/mol. The predicted molar refractivity (Wildman–Crippen MR) is 59.9 cm³/mol. The fourth-order valence-corrected chi connectivity index (χ4v) is 1.30. The number of hydrogen-bond donors (Lipinski definition) is 0. The number of hydrogen-bond acceptors (Lipinski definition) is 3. The fraction of sp³-hybridized carbons (Fsp3) is 0.417. The molecule has 1 atom stereocenters. The zero-order chi connectivity index (χ0) is 11.4. The molecule has 0 aromatic heterocycles. The van der Waals surface area contributed by atoms with Crippen LogP contribution in [0.2, 0.25) is 0 Å². The van der Waals surface area contributed by atoms with Crippen molar-refractivity contribution in [3.63, 3.8) is 0 Å². The SMILES string of the molecule is CC(=O)Oc1cccc([C@@H](C)N(C)C)c1. The van der Waals surface area contributed by atoms with Gasteiger partial charge in [-0.25, -0.2) is 0 Å². The van der Waals surface area contributed by atoms with Gasteiger partial charge >= 0.3 is 5.97 Å². The first-order valence-corrected chi connectivity index (χ1v) is 4.95. The molecule has 0 amide bonds. The average molecular weight is 207 g/mol. The molecule has 0 aliphatic carbocycles. The van der Waals surface area contributed by atoms with Crippen molar-refractivity contribution in [1.82, 2.24) is 4.90 Å². The highest BCUT2D eigenvalue weighted by Gasteiger charge is 2.08. The largest absolute Gasteiger partial charge is 0.427 e. The number of esters is 1. The molecule has 0 heterocycles. The lowest BCUT2D eigenvalue weighted by Crippen LogP contribution is -2.16. The molecule has 1 aromatic carbocycles. The van der Waals surface area contributed by atoms with Crippen molar-refractivity contribution >= 4 is 5.97 Å². The highest BCUT2D eigenvalue weighted by molar-refractivity contribution is 5.69. The zero-order valence-electron chi connectivity index (χ0n) is 9.65.